The van der Waals surface area contributed by atoms with Crippen molar-refractivity contribution in [2.45, 2.75) is 19.4 Å². The van der Waals surface area contributed by atoms with Crippen LogP contribution < -0.4 is 19.5 Å². The number of nitrogens with zero attached hydrogens (tertiary/aromatic N) is 2. The molecule has 0 atom stereocenters. The maximum atomic E-state index is 12.3. The molecule has 0 aliphatic carbocycles. The summed E-state index contributed by atoms with van der Waals surface area (Å²) in [6.45, 7) is 0.349. The SMILES string of the molecule is COc1ccc(NC(=O)c2nnc(COC(=O)CCCOc3ccc(OC)cc3)s2)cc1. The number of hydrogen-bond donors (Lipinski definition) is 1. The maximum Gasteiger partial charge on any atom is 0.306 e. The first-order valence-electron chi connectivity index (χ1n) is 9.77. The summed E-state index contributed by atoms with van der Waals surface area (Å²) in [6.07, 6.45) is 0.719. The zero-order valence-electron chi connectivity index (χ0n) is 17.7. The number of methoxy groups -OCH3 is 2. The monoisotopic (exact) mass is 457 g/mol. The molecule has 1 aromatic heterocycles. The number of amides is 1. The molecule has 3 aromatic rings. The minimum absolute atomic E-state index is 0.0361. The molecule has 0 unspecified atom stereocenters. The van der Waals surface area contributed by atoms with Crippen LogP contribution in [0, 0.1) is 0 Å². The number of esters is 1. The lowest BCUT2D eigenvalue weighted by Gasteiger charge is -2.07. The fourth-order valence-corrected chi connectivity index (χ4v) is 3.20. The standard InChI is InChI=1S/C22H23N3O6S/c1-28-16-7-5-15(6-8-16)23-21(27)22-25-24-19(32-22)14-31-20(26)4-3-13-30-18-11-9-17(29-2)10-12-18/h5-12H,3-4,13-14H2,1-2H3,(H,23,27). The average Bonchev–Trinajstić information content (AvgIpc) is 3.31. The Balaban J connectivity index is 1.36. The molecule has 0 saturated carbocycles. The fourth-order valence-electron chi connectivity index (χ4n) is 2.56. The van der Waals surface area contributed by atoms with Crippen molar-refractivity contribution in [3.8, 4) is 17.2 Å². The van der Waals surface area contributed by atoms with E-state index in [0.29, 0.717) is 35.2 Å². The lowest BCUT2D eigenvalue weighted by atomic mass is 10.3. The number of carbonyl (C=O) groups excluding carboxylic acids is 2. The lowest BCUT2D eigenvalue weighted by molar-refractivity contribution is -0.145. The molecule has 0 saturated heterocycles. The predicted octanol–water partition coefficient (Wildman–Crippen LogP) is 3.71. The van der Waals surface area contributed by atoms with Crippen molar-refractivity contribution in [3.63, 3.8) is 0 Å². The van der Waals surface area contributed by atoms with Crippen LogP contribution in [0.2, 0.25) is 0 Å². The van der Waals surface area contributed by atoms with Crippen LogP contribution >= 0.6 is 11.3 Å². The average molecular weight is 458 g/mol. The number of rotatable bonds is 11. The van der Waals surface area contributed by atoms with Gasteiger partial charge in [-0.25, -0.2) is 0 Å². The first-order valence-corrected chi connectivity index (χ1v) is 10.6. The molecule has 1 N–H and O–H groups in total. The molecule has 9 nitrogen and oxygen atoms in total. The van der Waals surface area contributed by atoms with Crippen molar-refractivity contribution in [2.24, 2.45) is 0 Å². The van der Waals surface area contributed by atoms with E-state index in [-0.39, 0.29) is 29.9 Å². The Morgan fingerprint density at radius 1 is 0.906 bits per heavy atom. The van der Waals surface area contributed by atoms with Crippen LogP contribution in [-0.4, -0.2) is 42.9 Å². The van der Waals surface area contributed by atoms with Crippen molar-refractivity contribution >= 4 is 28.9 Å². The van der Waals surface area contributed by atoms with E-state index in [0.717, 1.165) is 17.1 Å². The number of nitrogens with one attached hydrogen (secondary N) is 1. The van der Waals surface area contributed by atoms with E-state index in [1.807, 2.05) is 0 Å². The van der Waals surface area contributed by atoms with Gasteiger partial charge in [-0.15, -0.1) is 10.2 Å². The Bertz CT molecular complexity index is 1020. The highest BCUT2D eigenvalue weighted by atomic mass is 32.1. The summed E-state index contributed by atoms with van der Waals surface area (Å²) < 4.78 is 20.9. The molecule has 0 radical (unpaired) electrons. The van der Waals surface area contributed by atoms with Crippen LogP contribution in [0.1, 0.15) is 27.7 Å². The zero-order chi connectivity index (χ0) is 22.8. The van der Waals surface area contributed by atoms with Gasteiger partial charge in [0.15, 0.2) is 5.01 Å². The zero-order valence-corrected chi connectivity index (χ0v) is 18.5. The second-order valence-electron chi connectivity index (χ2n) is 6.47. The van der Waals surface area contributed by atoms with Crippen molar-refractivity contribution in [2.75, 3.05) is 26.1 Å². The highest BCUT2D eigenvalue weighted by Gasteiger charge is 2.14. The summed E-state index contributed by atoms with van der Waals surface area (Å²) in [5.74, 6) is 1.38. The van der Waals surface area contributed by atoms with Crippen LogP contribution in [0.4, 0.5) is 5.69 Å². The normalized spacial score (nSPS) is 10.3. The van der Waals surface area contributed by atoms with E-state index in [9.17, 15) is 9.59 Å². The highest BCUT2D eigenvalue weighted by molar-refractivity contribution is 7.13. The number of hydrogen-bond acceptors (Lipinski definition) is 9. The van der Waals surface area contributed by atoms with Gasteiger partial charge in [0, 0.05) is 12.1 Å². The molecule has 32 heavy (non-hydrogen) atoms. The summed E-state index contributed by atoms with van der Waals surface area (Å²) in [4.78, 5) is 24.2. The van der Waals surface area contributed by atoms with Gasteiger partial charge < -0.3 is 24.3 Å². The molecule has 1 heterocycles. The maximum absolute atomic E-state index is 12.3. The van der Waals surface area contributed by atoms with E-state index < -0.39 is 0 Å². The van der Waals surface area contributed by atoms with Gasteiger partial charge in [-0.3, -0.25) is 9.59 Å². The van der Waals surface area contributed by atoms with Gasteiger partial charge in [0.05, 0.1) is 20.8 Å². The second-order valence-corrected chi connectivity index (χ2v) is 7.53. The fraction of sp³-hybridized carbons (Fsp3) is 0.273. The Kier molecular flexibility index (Phi) is 8.38. The molecular weight excluding hydrogens is 434 g/mol. The Morgan fingerprint density at radius 2 is 1.53 bits per heavy atom. The van der Waals surface area contributed by atoms with Crippen molar-refractivity contribution in [3.05, 3.63) is 58.5 Å². The number of ether oxygens (including phenoxy) is 4. The molecule has 0 fully saturated rings. The first-order chi connectivity index (χ1) is 15.6. The van der Waals surface area contributed by atoms with E-state index in [1.165, 1.54) is 0 Å². The summed E-state index contributed by atoms with van der Waals surface area (Å²) in [7, 11) is 3.17. The number of anilines is 1. The molecule has 168 valence electrons. The van der Waals surface area contributed by atoms with Crippen molar-refractivity contribution in [1.29, 1.82) is 0 Å². The van der Waals surface area contributed by atoms with Crippen LogP contribution in [0.25, 0.3) is 0 Å². The third-order valence-electron chi connectivity index (χ3n) is 4.22. The highest BCUT2D eigenvalue weighted by Crippen LogP contribution is 2.19. The Hall–Kier alpha value is -3.66. The Labute approximate surface area is 189 Å². The van der Waals surface area contributed by atoms with Gasteiger partial charge in [0.1, 0.15) is 23.9 Å². The van der Waals surface area contributed by atoms with Gasteiger partial charge in [0.25, 0.3) is 5.91 Å². The second kappa shape index (κ2) is 11.7. The molecule has 0 aliphatic heterocycles. The van der Waals surface area contributed by atoms with Gasteiger partial charge >= 0.3 is 5.97 Å². The predicted molar refractivity (Wildman–Crippen MR) is 118 cm³/mol. The van der Waals surface area contributed by atoms with Gasteiger partial charge in [-0.2, -0.15) is 0 Å². The summed E-state index contributed by atoms with van der Waals surface area (Å²) in [5, 5.41) is 11.1. The Morgan fingerprint density at radius 3 is 2.19 bits per heavy atom. The number of aromatic nitrogens is 2. The van der Waals surface area contributed by atoms with Crippen LogP contribution in [0.3, 0.4) is 0 Å². The third kappa shape index (κ3) is 6.95. The van der Waals surface area contributed by atoms with Crippen molar-refractivity contribution in [1.82, 2.24) is 10.2 Å². The van der Waals surface area contributed by atoms with E-state index in [2.05, 4.69) is 15.5 Å². The van der Waals surface area contributed by atoms with Crippen molar-refractivity contribution < 1.29 is 28.5 Å². The number of benzene rings is 2. The number of carbonyl (C=O) groups is 2. The summed E-state index contributed by atoms with van der Waals surface area (Å²) >= 11 is 1.07. The molecule has 10 heteroatoms. The van der Waals surface area contributed by atoms with Gasteiger partial charge in [-0.05, 0) is 55.0 Å². The van der Waals surface area contributed by atoms with Crippen LogP contribution in [0.15, 0.2) is 48.5 Å². The molecule has 3 rings (SSSR count). The largest absolute Gasteiger partial charge is 0.497 e. The minimum Gasteiger partial charge on any atom is -0.497 e. The summed E-state index contributed by atoms with van der Waals surface area (Å²) in [5.41, 5.74) is 0.607. The quantitative estimate of drug-likeness (QED) is 0.343. The molecule has 2 aromatic carbocycles. The van der Waals surface area contributed by atoms with E-state index in [1.54, 1.807) is 62.8 Å². The molecular formula is C22H23N3O6S. The van der Waals surface area contributed by atoms with Gasteiger partial charge in [-0.1, -0.05) is 11.3 Å². The molecule has 1 amide bonds. The first kappa shape index (κ1) is 23.0. The van der Waals surface area contributed by atoms with E-state index in [4.69, 9.17) is 18.9 Å². The lowest BCUT2D eigenvalue weighted by Crippen LogP contribution is -2.11. The minimum atomic E-state index is -0.388. The van der Waals surface area contributed by atoms with Crippen LogP contribution in [-0.2, 0) is 16.1 Å². The molecule has 0 spiro atoms. The smallest absolute Gasteiger partial charge is 0.306 e. The van der Waals surface area contributed by atoms with Gasteiger partial charge in [0.2, 0.25) is 5.01 Å². The third-order valence-corrected chi connectivity index (χ3v) is 5.11. The topological polar surface area (TPSA) is 109 Å². The summed E-state index contributed by atoms with van der Waals surface area (Å²) in [6, 6.07) is 14.1. The molecule has 0 aliphatic rings. The van der Waals surface area contributed by atoms with Crippen LogP contribution in [0.5, 0.6) is 17.2 Å². The van der Waals surface area contributed by atoms with E-state index >= 15 is 0 Å². The molecule has 0 bridgehead atoms.